The van der Waals surface area contributed by atoms with E-state index in [1.54, 1.807) is 12.1 Å². The van der Waals surface area contributed by atoms with E-state index in [2.05, 4.69) is 0 Å². The average Bonchev–Trinajstić information content (AvgIpc) is 3.04. The maximum Gasteiger partial charge on any atom is 0.356 e. The predicted molar refractivity (Wildman–Crippen MR) is 115 cm³/mol. The van der Waals surface area contributed by atoms with Gasteiger partial charge in [-0.15, -0.1) is 11.6 Å². The van der Waals surface area contributed by atoms with Gasteiger partial charge in [0.1, 0.15) is 5.75 Å². The van der Waals surface area contributed by atoms with Crippen molar-refractivity contribution in [2.45, 2.75) is 37.5 Å². The summed E-state index contributed by atoms with van der Waals surface area (Å²) in [6.07, 6.45) is 4.46. The molecule has 1 aliphatic carbocycles. The summed E-state index contributed by atoms with van der Waals surface area (Å²) in [7, 11) is -4.19. The van der Waals surface area contributed by atoms with E-state index in [0.717, 1.165) is 42.6 Å². The van der Waals surface area contributed by atoms with E-state index >= 15 is 0 Å². The van der Waals surface area contributed by atoms with E-state index < -0.39 is 7.60 Å². The molecular weight excluding hydrogens is 411 g/mol. The van der Waals surface area contributed by atoms with Gasteiger partial charge in [0.25, 0.3) is 0 Å². The Kier molecular flexibility index (Phi) is 7.78. The second-order valence-electron chi connectivity index (χ2n) is 7.70. The monoisotopic (exact) mass is 438 g/mol. The minimum Gasteiger partial charge on any atom is -0.493 e. The molecule has 3 rings (SSSR count). The van der Waals surface area contributed by atoms with Crippen molar-refractivity contribution in [1.29, 1.82) is 0 Å². The van der Waals surface area contributed by atoms with Gasteiger partial charge in [-0.25, -0.2) is 0 Å². The van der Waals surface area contributed by atoms with E-state index in [1.165, 1.54) is 12.1 Å². The molecule has 1 unspecified atom stereocenters. The van der Waals surface area contributed by atoms with Gasteiger partial charge in [-0.1, -0.05) is 24.3 Å². The summed E-state index contributed by atoms with van der Waals surface area (Å²) >= 11 is 6.57. The first-order chi connectivity index (χ1) is 13.9. The van der Waals surface area contributed by atoms with Crippen molar-refractivity contribution in [2.75, 3.05) is 13.2 Å². The highest BCUT2D eigenvalue weighted by atomic mass is 35.5. The SMILES string of the molecule is O=P(O)(O)c1ccc(CC[C@H]2CCC(Cl)[C@@H]2COc2cccc(CCO)c2)cc1. The van der Waals surface area contributed by atoms with Gasteiger partial charge in [0.05, 0.1) is 11.9 Å². The Balaban J connectivity index is 1.55. The van der Waals surface area contributed by atoms with Crippen LogP contribution in [0.4, 0.5) is 0 Å². The number of benzene rings is 2. The Labute approximate surface area is 176 Å². The van der Waals surface area contributed by atoms with E-state index in [0.29, 0.717) is 18.9 Å². The van der Waals surface area contributed by atoms with Crippen molar-refractivity contribution in [3.63, 3.8) is 0 Å². The fourth-order valence-electron chi connectivity index (χ4n) is 4.02. The molecule has 0 heterocycles. The molecule has 0 saturated heterocycles. The zero-order valence-corrected chi connectivity index (χ0v) is 17.9. The largest absolute Gasteiger partial charge is 0.493 e. The number of ether oxygens (including phenoxy) is 1. The fourth-order valence-corrected chi connectivity index (χ4v) is 4.96. The lowest BCUT2D eigenvalue weighted by molar-refractivity contribution is 0.210. The van der Waals surface area contributed by atoms with Crippen LogP contribution in [0.5, 0.6) is 5.75 Å². The molecule has 1 aliphatic rings. The standard InChI is InChI=1S/C22H28ClO5P/c23-22-11-8-18(7-4-16-5-9-20(10-6-16)29(25,26)27)21(22)15-28-19-3-1-2-17(14-19)12-13-24/h1-3,5-6,9-10,14,18,21-22,24H,4,7-8,11-13,15H2,(H2,25,26,27)/t18-,21+,22?/m0/s1. The molecular formula is C22H28ClO5P. The van der Waals surface area contributed by atoms with Crippen LogP contribution in [-0.2, 0) is 17.4 Å². The third-order valence-corrected chi connectivity index (χ3v) is 7.21. The minimum atomic E-state index is -4.19. The first-order valence-electron chi connectivity index (χ1n) is 9.98. The smallest absolute Gasteiger partial charge is 0.356 e. The molecule has 0 aromatic heterocycles. The van der Waals surface area contributed by atoms with Crippen LogP contribution in [0.1, 0.15) is 30.4 Å². The van der Waals surface area contributed by atoms with Crippen LogP contribution < -0.4 is 10.0 Å². The molecule has 0 amide bonds. The summed E-state index contributed by atoms with van der Waals surface area (Å²) in [4.78, 5) is 18.4. The molecule has 5 nitrogen and oxygen atoms in total. The Bertz CT molecular complexity index is 835. The highest BCUT2D eigenvalue weighted by molar-refractivity contribution is 7.60. The summed E-state index contributed by atoms with van der Waals surface area (Å²) < 4.78 is 17.3. The maximum atomic E-state index is 11.3. The summed E-state index contributed by atoms with van der Waals surface area (Å²) in [5.41, 5.74) is 2.12. The normalized spacial score (nSPS) is 22.0. The van der Waals surface area contributed by atoms with Crippen LogP contribution in [0, 0.1) is 11.8 Å². The quantitative estimate of drug-likeness (QED) is 0.411. The third-order valence-electron chi connectivity index (χ3n) is 5.70. The van der Waals surface area contributed by atoms with Crippen LogP contribution in [0.25, 0.3) is 0 Å². The molecule has 158 valence electrons. The van der Waals surface area contributed by atoms with Gasteiger partial charge < -0.3 is 19.6 Å². The molecule has 2 aromatic carbocycles. The summed E-state index contributed by atoms with van der Waals surface area (Å²) in [5.74, 6) is 1.53. The highest BCUT2D eigenvalue weighted by Crippen LogP contribution is 2.39. The lowest BCUT2D eigenvalue weighted by Crippen LogP contribution is -2.23. The van der Waals surface area contributed by atoms with Gasteiger partial charge >= 0.3 is 7.60 Å². The number of halogens is 1. The van der Waals surface area contributed by atoms with Gasteiger partial charge in [-0.2, -0.15) is 0 Å². The number of hydrogen-bond acceptors (Lipinski definition) is 3. The highest BCUT2D eigenvalue weighted by Gasteiger charge is 2.35. The number of aryl methyl sites for hydroxylation is 1. The van der Waals surface area contributed by atoms with Gasteiger partial charge in [-0.05, 0) is 73.4 Å². The topological polar surface area (TPSA) is 87.0 Å². The summed E-state index contributed by atoms with van der Waals surface area (Å²) in [5, 5.41) is 9.24. The van der Waals surface area contributed by atoms with Gasteiger partial charge in [0, 0.05) is 17.9 Å². The van der Waals surface area contributed by atoms with E-state index in [4.69, 9.17) is 21.4 Å². The lowest BCUT2D eigenvalue weighted by atomic mass is 9.90. The number of aliphatic hydroxyl groups excluding tert-OH is 1. The van der Waals surface area contributed by atoms with Crippen LogP contribution >= 0.6 is 19.2 Å². The molecule has 2 aromatic rings. The Morgan fingerprint density at radius 1 is 1.03 bits per heavy atom. The van der Waals surface area contributed by atoms with Crippen LogP contribution in [0.2, 0.25) is 0 Å². The van der Waals surface area contributed by atoms with E-state index in [9.17, 15) is 14.4 Å². The maximum absolute atomic E-state index is 11.3. The average molecular weight is 439 g/mol. The molecule has 3 atom stereocenters. The third kappa shape index (κ3) is 6.31. The van der Waals surface area contributed by atoms with Crippen molar-refractivity contribution in [1.82, 2.24) is 0 Å². The van der Waals surface area contributed by atoms with Gasteiger partial charge in [0.2, 0.25) is 0 Å². The number of aliphatic hydroxyl groups is 1. The minimum absolute atomic E-state index is 0.0534. The molecule has 0 radical (unpaired) electrons. The van der Waals surface area contributed by atoms with Crippen LogP contribution in [0.15, 0.2) is 48.5 Å². The summed E-state index contributed by atoms with van der Waals surface area (Å²) in [6, 6.07) is 14.4. The second kappa shape index (κ2) is 10.1. The van der Waals surface area contributed by atoms with Gasteiger partial charge in [0.15, 0.2) is 0 Å². The van der Waals surface area contributed by atoms with Crippen molar-refractivity contribution in [2.24, 2.45) is 11.8 Å². The van der Waals surface area contributed by atoms with Crippen molar-refractivity contribution < 1.29 is 24.2 Å². The molecule has 29 heavy (non-hydrogen) atoms. The molecule has 0 aliphatic heterocycles. The van der Waals surface area contributed by atoms with Crippen molar-refractivity contribution in [3.05, 3.63) is 59.7 Å². The molecule has 7 heteroatoms. The molecule has 1 fully saturated rings. The number of alkyl halides is 1. The predicted octanol–water partition coefficient (Wildman–Crippen LogP) is 3.67. The van der Waals surface area contributed by atoms with E-state index in [1.807, 2.05) is 24.3 Å². The summed E-state index contributed by atoms with van der Waals surface area (Å²) in [6.45, 7) is 0.686. The Hall–Kier alpha value is -1.36. The van der Waals surface area contributed by atoms with Crippen LogP contribution in [0.3, 0.4) is 0 Å². The number of rotatable bonds is 9. The zero-order chi connectivity index (χ0) is 20.9. The Morgan fingerprint density at radius 2 is 1.79 bits per heavy atom. The Morgan fingerprint density at radius 3 is 2.48 bits per heavy atom. The zero-order valence-electron chi connectivity index (χ0n) is 16.3. The molecule has 0 spiro atoms. The first kappa shape index (κ1) is 22.3. The van der Waals surface area contributed by atoms with Crippen molar-refractivity contribution in [3.8, 4) is 5.75 Å². The first-order valence-corrected chi connectivity index (χ1v) is 12.0. The lowest BCUT2D eigenvalue weighted by Gasteiger charge is -2.22. The van der Waals surface area contributed by atoms with E-state index in [-0.39, 0.29) is 23.2 Å². The van der Waals surface area contributed by atoms with Gasteiger partial charge in [-0.3, -0.25) is 4.57 Å². The van der Waals surface area contributed by atoms with Crippen LogP contribution in [-0.4, -0.2) is 33.5 Å². The molecule has 0 bridgehead atoms. The second-order valence-corrected chi connectivity index (χ2v) is 9.86. The molecule has 1 saturated carbocycles. The number of hydrogen-bond donors (Lipinski definition) is 3. The fraction of sp³-hybridized carbons (Fsp3) is 0.455. The van der Waals surface area contributed by atoms with Crippen molar-refractivity contribution >= 4 is 24.5 Å². The molecule has 3 N–H and O–H groups in total.